The molecule has 1 aliphatic rings. The zero-order valence-electron chi connectivity index (χ0n) is 21.4. The Labute approximate surface area is 214 Å². The second-order valence-corrected chi connectivity index (χ2v) is 9.35. The van der Waals surface area contributed by atoms with E-state index in [-0.39, 0.29) is 11.1 Å². The maximum atomic E-state index is 13.3. The number of hydrogen-bond donors (Lipinski definition) is 3. The van der Waals surface area contributed by atoms with Crippen LogP contribution in [0, 0.1) is 0 Å². The standard InChI is InChI=1S/C25H42FN5O3S/c1-4-31(5-2)25(33)29-22(24(32)35)13-16-30(18-21(17-26)34-3)15-7-6-10-20-12-11-19-9-8-14-27-23(19)28-20/h11-12,21-22H,4-10,13-18H2,1-3H3,(H,27,28)(H,29,33)(H,32,35). The third-order valence-electron chi connectivity index (χ3n) is 6.46. The summed E-state index contributed by atoms with van der Waals surface area (Å²) < 4.78 is 18.6. The molecule has 198 valence electrons. The molecular weight excluding hydrogens is 469 g/mol. The quantitative estimate of drug-likeness (QED) is 0.233. The summed E-state index contributed by atoms with van der Waals surface area (Å²) in [7, 11) is 1.50. The number of halogens is 1. The number of aryl methyl sites for hydroxylation is 2. The zero-order valence-corrected chi connectivity index (χ0v) is 22.3. The lowest BCUT2D eigenvalue weighted by Crippen LogP contribution is -2.48. The van der Waals surface area contributed by atoms with Crippen LogP contribution in [0.3, 0.4) is 0 Å². The number of aromatic nitrogens is 1. The van der Waals surface area contributed by atoms with E-state index in [0.717, 1.165) is 56.7 Å². The van der Waals surface area contributed by atoms with Gasteiger partial charge in [-0.15, -0.1) is 12.6 Å². The smallest absolute Gasteiger partial charge is 0.317 e. The van der Waals surface area contributed by atoms with E-state index in [4.69, 9.17) is 9.72 Å². The molecule has 0 saturated heterocycles. The van der Waals surface area contributed by atoms with E-state index in [2.05, 4.69) is 40.3 Å². The van der Waals surface area contributed by atoms with Crippen molar-refractivity contribution in [1.82, 2.24) is 20.1 Å². The van der Waals surface area contributed by atoms with Crippen LogP contribution in [0.1, 0.15) is 50.8 Å². The Balaban J connectivity index is 1.89. The number of methoxy groups -OCH3 is 1. The lowest BCUT2D eigenvalue weighted by Gasteiger charge is -2.28. The molecule has 10 heteroatoms. The molecule has 0 aliphatic carbocycles. The van der Waals surface area contributed by atoms with Crippen molar-refractivity contribution in [2.75, 3.05) is 58.4 Å². The highest BCUT2D eigenvalue weighted by Crippen LogP contribution is 2.20. The van der Waals surface area contributed by atoms with Crippen LogP contribution in [-0.2, 0) is 22.4 Å². The van der Waals surface area contributed by atoms with Crippen LogP contribution in [0.2, 0.25) is 0 Å². The maximum absolute atomic E-state index is 13.3. The first-order valence-corrected chi connectivity index (χ1v) is 13.2. The van der Waals surface area contributed by atoms with Crippen LogP contribution in [-0.4, -0.2) is 91.1 Å². The highest BCUT2D eigenvalue weighted by Gasteiger charge is 2.22. The Morgan fingerprint density at radius 1 is 1.26 bits per heavy atom. The van der Waals surface area contributed by atoms with Crippen molar-refractivity contribution in [3.05, 3.63) is 23.4 Å². The largest absolute Gasteiger partial charge is 0.377 e. The van der Waals surface area contributed by atoms with E-state index in [9.17, 15) is 14.0 Å². The summed E-state index contributed by atoms with van der Waals surface area (Å²) in [4.78, 5) is 32.9. The maximum Gasteiger partial charge on any atom is 0.317 e. The van der Waals surface area contributed by atoms with Crippen LogP contribution < -0.4 is 10.6 Å². The van der Waals surface area contributed by atoms with E-state index >= 15 is 0 Å². The van der Waals surface area contributed by atoms with Crippen molar-refractivity contribution < 1.29 is 18.7 Å². The fraction of sp³-hybridized carbons (Fsp3) is 0.720. The molecule has 2 N–H and O–H groups in total. The van der Waals surface area contributed by atoms with E-state index in [0.29, 0.717) is 32.6 Å². The average molecular weight is 512 g/mol. The van der Waals surface area contributed by atoms with Crippen LogP contribution in [0.25, 0.3) is 0 Å². The minimum atomic E-state index is -0.701. The molecule has 2 rings (SSSR count). The lowest BCUT2D eigenvalue weighted by molar-refractivity contribution is -0.112. The Hall–Kier alpha value is -1.91. The van der Waals surface area contributed by atoms with E-state index in [1.165, 1.54) is 12.7 Å². The van der Waals surface area contributed by atoms with E-state index < -0.39 is 18.8 Å². The normalized spacial score (nSPS) is 14.7. The van der Waals surface area contributed by atoms with Gasteiger partial charge in [-0.25, -0.2) is 14.2 Å². The second kappa shape index (κ2) is 16.0. The number of fused-ring (bicyclic) bond motifs is 1. The number of pyridine rings is 1. The van der Waals surface area contributed by atoms with Crippen molar-refractivity contribution in [2.24, 2.45) is 0 Å². The third kappa shape index (κ3) is 9.93. The number of carbonyl (C=O) groups excluding carboxylic acids is 2. The molecule has 1 aliphatic heterocycles. The van der Waals surface area contributed by atoms with Gasteiger partial charge in [0, 0.05) is 45.5 Å². The highest BCUT2D eigenvalue weighted by molar-refractivity contribution is 7.96. The van der Waals surface area contributed by atoms with Gasteiger partial charge >= 0.3 is 6.03 Å². The Bertz CT molecular complexity index is 792. The number of anilines is 1. The summed E-state index contributed by atoms with van der Waals surface area (Å²) in [5.41, 5.74) is 2.35. The van der Waals surface area contributed by atoms with Crippen LogP contribution in [0.5, 0.6) is 0 Å². The van der Waals surface area contributed by atoms with Gasteiger partial charge < -0.3 is 25.2 Å². The molecule has 2 unspecified atom stereocenters. The number of rotatable bonds is 16. The monoisotopic (exact) mass is 511 g/mol. The van der Waals surface area contributed by atoms with Gasteiger partial charge in [0.05, 0.1) is 6.10 Å². The number of carbonyl (C=O) groups is 2. The molecule has 2 atom stereocenters. The molecule has 8 nitrogen and oxygen atoms in total. The Morgan fingerprint density at radius 2 is 2.03 bits per heavy atom. The summed E-state index contributed by atoms with van der Waals surface area (Å²) in [6, 6.07) is 3.29. The number of thiol groups is 1. The first-order valence-electron chi connectivity index (χ1n) is 12.7. The molecule has 2 heterocycles. The fourth-order valence-corrected chi connectivity index (χ4v) is 4.43. The molecule has 0 saturated carbocycles. The van der Waals surface area contributed by atoms with Gasteiger partial charge in [-0.05, 0) is 70.5 Å². The molecule has 0 radical (unpaired) electrons. The number of unbranched alkanes of at least 4 members (excludes halogenated alkanes) is 1. The third-order valence-corrected chi connectivity index (χ3v) is 6.77. The SMILES string of the molecule is CCN(CC)C(=O)NC(CCN(CCCCc1ccc2c(n1)NCCC2)CC(CF)OC)C(=O)S. The summed E-state index contributed by atoms with van der Waals surface area (Å²) in [5, 5.41) is 5.78. The van der Waals surface area contributed by atoms with Crippen molar-refractivity contribution in [3.8, 4) is 0 Å². The number of ether oxygens (including phenoxy) is 1. The van der Waals surface area contributed by atoms with Crippen LogP contribution >= 0.6 is 12.6 Å². The first-order chi connectivity index (χ1) is 16.9. The van der Waals surface area contributed by atoms with E-state index in [1.807, 2.05) is 13.8 Å². The van der Waals surface area contributed by atoms with Gasteiger partial charge in [-0.1, -0.05) is 6.07 Å². The molecule has 35 heavy (non-hydrogen) atoms. The van der Waals surface area contributed by atoms with Crippen LogP contribution in [0.15, 0.2) is 12.1 Å². The predicted molar refractivity (Wildman–Crippen MR) is 141 cm³/mol. The molecule has 1 aromatic rings. The van der Waals surface area contributed by atoms with Gasteiger partial charge in [0.15, 0.2) is 0 Å². The fourth-order valence-electron chi connectivity index (χ4n) is 4.24. The van der Waals surface area contributed by atoms with Crippen LogP contribution in [0.4, 0.5) is 15.0 Å². The molecular formula is C25H42FN5O3S. The number of alkyl halides is 1. The Kier molecular flexibility index (Phi) is 13.4. The van der Waals surface area contributed by atoms with Gasteiger partial charge in [-0.2, -0.15) is 0 Å². The summed E-state index contributed by atoms with van der Waals surface area (Å²) >= 11 is 3.98. The van der Waals surface area contributed by atoms with E-state index in [1.54, 1.807) is 4.90 Å². The molecule has 2 amide bonds. The molecule has 0 aromatic carbocycles. The number of amides is 2. The average Bonchev–Trinajstić information content (AvgIpc) is 2.87. The Morgan fingerprint density at radius 3 is 2.69 bits per heavy atom. The molecule has 0 fully saturated rings. The van der Waals surface area contributed by atoms with Crippen molar-refractivity contribution in [3.63, 3.8) is 0 Å². The minimum absolute atomic E-state index is 0.278. The van der Waals surface area contributed by atoms with Crippen molar-refractivity contribution in [2.45, 2.75) is 64.5 Å². The van der Waals surface area contributed by atoms with Gasteiger partial charge in [0.1, 0.15) is 18.5 Å². The first kappa shape index (κ1) is 29.3. The summed E-state index contributed by atoms with van der Waals surface area (Å²) in [5.74, 6) is 1.01. The van der Waals surface area contributed by atoms with Gasteiger partial charge in [-0.3, -0.25) is 4.79 Å². The second-order valence-electron chi connectivity index (χ2n) is 8.91. The van der Waals surface area contributed by atoms with Crippen molar-refractivity contribution >= 4 is 29.6 Å². The van der Waals surface area contributed by atoms with Gasteiger partial charge in [0.2, 0.25) is 5.12 Å². The summed E-state index contributed by atoms with van der Waals surface area (Å²) in [6.07, 6.45) is 4.81. The number of nitrogens with zero attached hydrogens (tertiary/aromatic N) is 3. The molecule has 0 bridgehead atoms. The zero-order chi connectivity index (χ0) is 25.6. The summed E-state index contributed by atoms with van der Waals surface area (Å²) in [6.45, 7) is 6.97. The highest BCUT2D eigenvalue weighted by atomic mass is 32.1. The topological polar surface area (TPSA) is 86.8 Å². The lowest BCUT2D eigenvalue weighted by atomic mass is 10.1. The number of nitrogens with one attached hydrogen (secondary N) is 2. The predicted octanol–water partition coefficient (Wildman–Crippen LogP) is 3.32. The van der Waals surface area contributed by atoms with Crippen molar-refractivity contribution in [1.29, 1.82) is 0 Å². The number of urea groups is 1. The van der Waals surface area contributed by atoms with Gasteiger partial charge in [0.25, 0.3) is 0 Å². The number of hydrogen-bond acceptors (Lipinski definition) is 6. The molecule has 1 aromatic heterocycles. The molecule has 0 spiro atoms. The minimum Gasteiger partial charge on any atom is -0.377 e.